The Morgan fingerprint density at radius 3 is 2.77 bits per heavy atom. The van der Waals surface area contributed by atoms with Crippen molar-refractivity contribution in [3.63, 3.8) is 0 Å². The topological polar surface area (TPSA) is 74.4 Å². The van der Waals surface area contributed by atoms with Gasteiger partial charge >= 0.3 is 0 Å². The second-order valence-electron chi connectivity index (χ2n) is 8.53. The van der Waals surface area contributed by atoms with Gasteiger partial charge in [0.05, 0.1) is 28.8 Å². The molecule has 5 heterocycles. The van der Waals surface area contributed by atoms with Gasteiger partial charge in [-0.25, -0.2) is 4.98 Å². The number of nitrogens with one attached hydrogen (secondary N) is 1. The molecule has 8 heteroatoms. The molecule has 0 bridgehead atoms. The first kappa shape index (κ1) is 19.2. The van der Waals surface area contributed by atoms with Gasteiger partial charge in [-0.1, -0.05) is 11.3 Å². The molecule has 0 radical (unpaired) electrons. The molecule has 0 saturated carbocycles. The monoisotopic (exact) mass is 435 g/mol. The molecule has 6 rings (SSSR count). The summed E-state index contributed by atoms with van der Waals surface area (Å²) >= 11 is 1.71. The molecule has 2 fully saturated rings. The van der Waals surface area contributed by atoms with Crippen molar-refractivity contribution in [3.05, 3.63) is 41.1 Å². The number of hydrogen-bond donors (Lipinski definition) is 1. The van der Waals surface area contributed by atoms with Gasteiger partial charge in [0.2, 0.25) is 0 Å². The standard InChI is InChI=1S/C23H25N5O2S/c29-22-19-17(2-6-25-22)21-20(16-1-5-24-13-18(16)19)26-23(31-21)28-7-3-15(4-8-28)14-27-9-11-30-12-10-27/h1-2,5-6,13,15H,3-4,7-12,14H2,(H,25,29). The molecule has 2 aliphatic rings. The fraction of sp³-hybridized carbons (Fsp3) is 0.435. The summed E-state index contributed by atoms with van der Waals surface area (Å²) in [5, 5.41) is 4.60. The zero-order chi connectivity index (χ0) is 20.8. The van der Waals surface area contributed by atoms with Crippen molar-refractivity contribution in [2.45, 2.75) is 12.8 Å². The molecule has 31 heavy (non-hydrogen) atoms. The maximum atomic E-state index is 12.6. The van der Waals surface area contributed by atoms with Crippen LogP contribution in [0.2, 0.25) is 0 Å². The van der Waals surface area contributed by atoms with Crippen LogP contribution in [-0.2, 0) is 4.74 Å². The number of fused-ring (bicyclic) bond motifs is 6. The lowest BCUT2D eigenvalue weighted by Gasteiger charge is -2.35. The van der Waals surface area contributed by atoms with Crippen molar-refractivity contribution in [2.24, 2.45) is 5.92 Å². The van der Waals surface area contributed by atoms with Crippen molar-refractivity contribution < 1.29 is 4.74 Å². The highest BCUT2D eigenvalue weighted by molar-refractivity contribution is 7.23. The number of piperidine rings is 1. The van der Waals surface area contributed by atoms with Crippen molar-refractivity contribution in [2.75, 3.05) is 50.8 Å². The third-order valence-electron chi connectivity index (χ3n) is 6.67. The van der Waals surface area contributed by atoms with Gasteiger partial charge < -0.3 is 14.6 Å². The maximum absolute atomic E-state index is 12.6. The number of thiazole rings is 1. The van der Waals surface area contributed by atoms with Gasteiger partial charge in [0.1, 0.15) is 0 Å². The third-order valence-corrected chi connectivity index (χ3v) is 7.82. The normalized spacial score (nSPS) is 19.0. The van der Waals surface area contributed by atoms with Crippen molar-refractivity contribution in [3.8, 4) is 0 Å². The van der Waals surface area contributed by atoms with E-state index in [0.29, 0.717) is 5.39 Å². The Kier molecular flexibility index (Phi) is 4.85. The van der Waals surface area contributed by atoms with Gasteiger partial charge in [0.15, 0.2) is 5.13 Å². The van der Waals surface area contributed by atoms with Crippen LogP contribution in [0.15, 0.2) is 35.5 Å². The van der Waals surface area contributed by atoms with Crippen molar-refractivity contribution in [1.82, 2.24) is 19.9 Å². The van der Waals surface area contributed by atoms with E-state index in [9.17, 15) is 4.79 Å². The number of morpholine rings is 1. The van der Waals surface area contributed by atoms with E-state index in [1.54, 1.807) is 29.9 Å². The average Bonchev–Trinajstić information content (AvgIpc) is 3.26. The molecule has 2 aliphatic heterocycles. The zero-order valence-corrected chi connectivity index (χ0v) is 18.2. The van der Waals surface area contributed by atoms with Gasteiger partial charge in [-0.3, -0.25) is 14.7 Å². The van der Waals surface area contributed by atoms with Crippen LogP contribution in [0.5, 0.6) is 0 Å². The van der Waals surface area contributed by atoms with Gasteiger partial charge in [0.25, 0.3) is 5.56 Å². The number of benzene rings is 1. The molecule has 0 aliphatic carbocycles. The van der Waals surface area contributed by atoms with E-state index in [2.05, 4.69) is 19.8 Å². The van der Waals surface area contributed by atoms with E-state index in [-0.39, 0.29) is 5.56 Å². The van der Waals surface area contributed by atoms with E-state index in [4.69, 9.17) is 9.72 Å². The summed E-state index contributed by atoms with van der Waals surface area (Å²) in [6.45, 7) is 7.11. The van der Waals surface area contributed by atoms with E-state index in [0.717, 1.165) is 76.8 Å². The molecule has 7 nitrogen and oxygen atoms in total. The molecule has 4 aromatic rings. The molecule has 0 atom stereocenters. The molecule has 0 amide bonds. The first-order valence-electron chi connectivity index (χ1n) is 11.0. The summed E-state index contributed by atoms with van der Waals surface area (Å²) < 4.78 is 6.57. The minimum absolute atomic E-state index is 0.0729. The van der Waals surface area contributed by atoms with Gasteiger partial charge in [-0.05, 0) is 30.9 Å². The van der Waals surface area contributed by atoms with E-state index in [1.807, 2.05) is 12.1 Å². The van der Waals surface area contributed by atoms with Crippen LogP contribution >= 0.6 is 11.3 Å². The van der Waals surface area contributed by atoms with Crippen LogP contribution in [0.1, 0.15) is 12.8 Å². The van der Waals surface area contributed by atoms with E-state index in [1.165, 1.54) is 19.4 Å². The van der Waals surface area contributed by atoms with Gasteiger partial charge in [0, 0.05) is 67.5 Å². The molecule has 1 aromatic carbocycles. The Morgan fingerprint density at radius 1 is 1.10 bits per heavy atom. The predicted molar refractivity (Wildman–Crippen MR) is 125 cm³/mol. The Morgan fingerprint density at radius 2 is 1.94 bits per heavy atom. The molecular weight excluding hydrogens is 410 g/mol. The second kappa shape index (κ2) is 7.85. The van der Waals surface area contributed by atoms with Crippen LogP contribution in [0.4, 0.5) is 5.13 Å². The number of pyridine rings is 2. The maximum Gasteiger partial charge on any atom is 0.256 e. The second-order valence-corrected chi connectivity index (χ2v) is 9.51. The summed E-state index contributed by atoms with van der Waals surface area (Å²) in [4.78, 5) is 29.7. The molecule has 2 saturated heterocycles. The van der Waals surface area contributed by atoms with E-state index >= 15 is 0 Å². The summed E-state index contributed by atoms with van der Waals surface area (Å²) in [7, 11) is 0. The predicted octanol–water partition coefficient (Wildman–Crippen LogP) is 3.23. The largest absolute Gasteiger partial charge is 0.379 e. The van der Waals surface area contributed by atoms with E-state index < -0.39 is 0 Å². The summed E-state index contributed by atoms with van der Waals surface area (Å²) in [5.41, 5.74) is 0.905. The minimum atomic E-state index is -0.0729. The SMILES string of the molecule is O=c1[nH]ccc2c3sc(N4CCC(CN5CCOCC5)CC4)nc3c3ccncc3c12. The summed E-state index contributed by atoms with van der Waals surface area (Å²) in [6.07, 6.45) is 7.67. The van der Waals surface area contributed by atoms with Crippen molar-refractivity contribution >= 4 is 48.2 Å². The van der Waals surface area contributed by atoms with Gasteiger partial charge in [-0.15, -0.1) is 0 Å². The molecule has 0 unspecified atom stereocenters. The highest BCUT2D eigenvalue weighted by Gasteiger charge is 2.25. The number of rotatable bonds is 3. The highest BCUT2D eigenvalue weighted by Crippen LogP contribution is 2.39. The number of ether oxygens (including phenoxy) is 1. The quantitative estimate of drug-likeness (QED) is 0.498. The third kappa shape index (κ3) is 3.39. The smallest absolute Gasteiger partial charge is 0.256 e. The molecular formula is C23H25N5O2S. The fourth-order valence-corrected chi connectivity index (χ4v) is 6.16. The number of aromatic amines is 1. The lowest BCUT2D eigenvalue weighted by Crippen LogP contribution is -2.42. The number of anilines is 1. The molecule has 0 spiro atoms. The summed E-state index contributed by atoms with van der Waals surface area (Å²) in [5.74, 6) is 0.745. The summed E-state index contributed by atoms with van der Waals surface area (Å²) in [6, 6.07) is 3.96. The Bertz CT molecular complexity index is 1300. The highest BCUT2D eigenvalue weighted by atomic mass is 32.1. The van der Waals surface area contributed by atoms with Crippen LogP contribution in [0.3, 0.4) is 0 Å². The lowest BCUT2D eigenvalue weighted by molar-refractivity contribution is 0.0289. The minimum Gasteiger partial charge on any atom is -0.379 e. The lowest BCUT2D eigenvalue weighted by atomic mass is 9.96. The Hall–Kier alpha value is -2.55. The number of hydrogen-bond acceptors (Lipinski definition) is 7. The van der Waals surface area contributed by atoms with Crippen molar-refractivity contribution in [1.29, 1.82) is 0 Å². The molecule has 3 aromatic heterocycles. The number of H-pyrrole nitrogens is 1. The Balaban J connectivity index is 1.32. The first-order chi connectivity index (χ1) is 15.3. The molecule has 1 N–H and O–H groups in total. The Labute approximate surface area is 183 Å². The fourth-order valence-electron chi connectivity index (χ4n) is 5.00. The average molecular weight is 436 g/mol. The van der Waals surface area contributed by atoms with Crippen LogP contribution in [0.25, 0.3) is 31.8 Å². The number of aromatic nitrogens is 3. The zero-order valence-electron chi connectivity index (χ0n) is 17.3. The van der Waals surface area contributed by atoms with Crippen LogP contribution < -0.4 is 10.5 Å². The van der Waals surface area contributed by atoms with Crippen LogP contribution in [0, 0.1) is 5.92 Å². The number of nitrogens with zero attached hydrogens (tertiary/aromatic N) is 4. The first-order valence-corrected chi connectivity index (χ1v) is 11.8. The molecule has 160 valence electrons. The van der Waals surface area contributed by atoms with Gasteiger partial charge in [-0.2, -0.15) is 0 Å². The van der Waals surface area contributed by atoms with Crippen LogP contribution in [-0.4, -0.2) is 65.8 Å².